The van der Waals surface area contributed by atoms with E-state index in [9.17, 15) is 4.79 Å². The Hall–Kier alpha value is -1.47. The summed E-state index contributed by atoms with van der Waals surface area (Å²) in [5.74, 6) is -0.334. The molecule has 1 N–H and O–H groups in total. The summed E-state index contributed by atoms with van der Waals surface area (Å²) < 4.78 is 10.2. The smallest absolute Gasteiger partial charge is 0.338 e. The minimum Gasteiger partial charge on any atom is -0.460 e. The fourth-order valence-corrected chi connectivity index (χ4v) is 3.72. The first-order valence-corrected chi connectivity index (χ1v) is 9.20. The Morgan fingerprint density at radius 3 is 2.68 bits per heavy atom. The van der Waals surface area contributed by atoms with Gasteiger partial charge in [0.15, 0.2) is 0 Å². The molecule has 2 aliphatic heterocycles. The van der Waals surface area contributed by atoms with Crippen LogP contribution in [-0.2, 0) is 16.0 Å². The van der Waals surface area contributed by atoms with E-state index in [1.807, 2.05) is 24.3 Å². The first kappa shape index (κ1) is 18.3. The van der Waals surface area contributed by atoms with Crippen LogP contribution in [-0.4, -0.2) is 73.1 Å². The van der Waals surface area contributed by atoms with Crippen molar-refractivity contribution in [2.24, 2.45) is 0 Å². The zero-order valence-electron chi connectivity index (χ0n) is 14.7. The van der Waals surface area contributed by atoms with Crippen LogP contribution in [0.15, 0.2) is 24.3 Å². The Bertz CT molecular complexity index is 549. The van der Waals surface area contributed by atoms with Gasteiger partial charge in [-0.3, -0.25) is 9.80 Å². The number of carbonyl (C=O) groups is 1. The molecular weight excluding hydrogens is 320 g/mol. The maximum atomic E-state index is 12.0. The van der Waals surface area contributed by atoms with Gasteiger partial charge in [0.05, 0.1) is 31.5 Å². The van der Waals surface area contributed by atoms with Crippen LogP contribution in [0.25, 0.3) is 0 Å². The molecule has 2 aliphatic rings. The van der Waals surface area contributed by atoms with Crippen molar-refractivity contribution in [3.8, 4) is 0 Å². The van der Waals surface area contributed by atoms with Crippen LogP contribution >= 0.6 is 0 Å². The van der Waals surface area contributed by atoms with E-state index >= 15 is 0 Å². The van der Waals surface area contributed by atoms with E-state index in [0.717, 1.165) is 13.1 Å². The van der Waals surface area contributed by atoms with Crippen molar-refractivity contribution in [2.45, 2.75) is 32.0 Å². The third-order valence-corrected chi connectivity index (χ3v) is 4.91. The molecule has 1 aromatic carbocycles. The summed E-state index contributed by atoms with van der Waals surface area (Å²) in [6, 6.07) is 7.71. The number of fused-ring (bicyclic) bond motifs is 1. The van der Waals surface area contributed by atoms with Crippen LogP contribution in [0, 0.1) is 0 Å². The Morgan fingerprint density at radius 1 is 1.08 bits per heavy atom. The lowest BCUT2D eigenvalue weighted by atomic mass is 10.1. The summed E-state index contributed by atoms with van der Waals surface area (Å²) in [5.41, 5.74) is 1.80. The molecule has 1 unspecified atom stereocenters. The van der Waals surface area contributed by atoms with E-state index in [2.05, 4.69) is 9.80 Å². The molecule has 0 aliphatic carbocycles. The fourth-order valence-electron chi connectivity index (χ4n) is 3.72. The predicted octanol–water partition coefficient (Wildman–Crippen LogP) is 1.48. The van der Waals surface area contributed by atoms with Gasteiger partial charge in [-0.15, -0.1) is 0 Å². The molecule has 3 rings (SSSR count). The molecule has 2 fully saturated rings. The lowest BCUT2D eigenvalue weighted by molar-refractivity contribution is 0.0257. The number of aliphatic hydroxyl groups is 1. The number of carbonyl (C=O) groups excluding carboxylic acids is 1. The van der Waals surface area contributed by atoms with Crippen molar-refractivity contribution in [3.05, 3.63) is 35.4 Å². The summed E-state index contributed by atoms with van der Waals surface area (Å²) >= 11 is 0. The Kier molecular flexibility index (Phi) is 6.81. The molecule has 0 radical (unpaired) electrons. The summed E-state index contributed by atoms with van der Waals surface area (Å²) in [6.07, 6.45) is 4.40. The van der Waals surface area contributed by atoms with Crippen molar-refractivity contribution in [1.29, 1.82) is 0 Å². The SMILES string of the molecule is O=C(OCCOCCO)c1ccc(CN2CCCN3CCCC32)cc1. The van der Waals surface area contributed by atoms with Gasteiger partial charge in [0.2, 0.25) is 0 Å². The van der Waals surface area contributed by atoms with Crippen molar-refractivity contribution in [2.75, 3.05) is 46.1 Å². The van der Waals surface area contributed by atoms with Crippen LogP contribution < -0.4 is 0 Å². The quantitative estimate of drug-likeness (QED) is 0.567. The van der Waals surface area contributed by atoms with Gasteiger partial charge in [-0.25, -0.2) is 4.79 Å². The number of aliphatic hydroxyl groups excluding tert-OH is 1. The predicted molar refractivity (Wildman–Crippen MR) is 94.3 cm³/mol. The van der Waals surface area contributed by atoms with Crippen molar-refractivity contribution < 1.29 is 19.4 Å². The molecule has 1 aromatic rings. The third-order valence-electron chi connectivity index (χ3n) is 4.91. The van der Waals surface area contributed by atoms with Gasteiger partial charge in [0.1, 0.15) is 6.61 Å². The second-order valence-electron chi connectivity index (χ2n) is 6.65. The highest BCUT2D eigenvalue weighted by Crippen LogP contribution is 2.26. The Balaban J connectivity index is 1.47. The summed E-state index contributed by atoms with van der Waals surface area (Å²) in [4.78, 5) is 17.1. The molecule has 0 amide bonds. The number of esters is 1. The monoisotopic (exact) mass is 348 g/mol. The molecule has 25 heavy (non-hydrogen) atoms. The molecule has 0 aromatic heterocycles. The first-order valence-electron chi connectivity index (χ1n) is 9.20. The number of hydrogen-bond donors (Lipinski definition) is 1. The van der Waals surface area contributed by atoms with Gasteiger partial charge < -0.3 is 14.6 Å². The first-order chi connectivity index (χ1) is 12.3. The van der Waals surface area contributed by atoms with Crippen LogP contribution in [0.2, 0.25) is 0 Å². The zero-order chi connectivity index (χ0) is 17.5. The highest BCUT2D eigenvalue weighted by molar-refractivity contribution is 5.89. The normalized spacial score (nSPS) is 21.2. The van der Waals surface area contributed by atoms with Gasteiger partial charge in [0.25, 0.3) is 0 Å². The fraction of sp³-hybridized carbons (Fsp3) is 0.632. The van der Waals surface area contributed by atoms with Gasteiger partial charge in [-0.05, 0) is 43.5 Å². The molecule has 6 nitrogen and oxygen atoms in total. The standard InChI is InChI=1S/C19H28N2O4/c22-11-12-24-13-14-25-19(23)17-6-4-16(5-7-17)15-21-10-2-9-20-8-1-3-18(20)21/h4-7,18,22H,1-3,8-15H2. The maximum absolute atomic E-state index is 12.0. The number of ether oxygens (including phenoxy) is 2. The summed E-state index contributed by atoms with van der Waals surface area (Å²) in [7, 11) is 0. The summed E-state index contributed by atoms with van der Waals surface area (Å²) in [5, 5.41) is 8.61. The molecule has 138 valence electrons. The zero-order valence-corrected chi connectivity index (χ0v) is 14.7. The van der Waals surface area contributed by atoms with E-state index in [0.29, 0.717) is 18.3 Å². The molecule has 2 heterocycles. The van der Waals surface area contributed by atoms with E-state index in [1.165, 1.54) is 37.9 Å². The highest BCUT2D eigenvalue weighted by atomic mass is 16.6. The van der Waals surface area contributed by atoms with Gasteiger partial charge in [-0.1, -0.05) is 12.1 Å². The lowest BCUT2D eigenvalue weighted by Gasteiger charge is -2.40. The van der Waals surface area contributed by atoms with Crippen molar-refractivity contribution >= 4 is 5.97 Å². The van der Waals surface area contributed by atoms with E-state index < -0.39 is 0 Å². The minimum absolute atomic E-state index is 0.0228. The largest absolute Gasteiger partial charge is 0.460 e. The third kappa shape index (κ3) is 5.01. The van der Waals surface area contributed by atoms with E-state index in [4.69, 9.17) is 14.6 Å². The van der Waals surface area contributed by atoms with Crippen LogP contribution in [0.1, 0.15) is 35.2 Å². The second-order valence-corrected chi connectivity index (χ2v) is 6.65. The number of hydrogen-bond acceptors (Lipinski definition) is 6. The summed E-state index contributed by atoms with van der Waals surface area (Å²) in [6.45, 7) is 5.29. The number of nitrogens with zero attached hydrogens (tertiary/aromatic N) is 2. The second kappa shape index (κ2) is 9.29. The average Bonchev–Trinajstić information content (AvgIpc) is 3.12. The van der Waals surface area contributed by atoms with Crippen LogP contribution in [0.4, 0.5) is 0 Å². The molecule has 0 spiro atoms. The lowest BCUT2D eigenvalue weighted by Crippen LogP contribution is -2.49. The Morgan fingerprint density at radius 2 is 1.88 bits per heavy atom. The van der Waals surface area contributed by atoms with Crippen molar-refractivity contribution in [1.82, 2.24) is 9.80 Å². The van der Waals surface area contributed by atoms with E-state index in [-0.39, 0.29) is 25.8 Å². The maximum Gasteiger partial charge on any atom is 0.338 e. The van der Waals surface area contributed by atoms with E-state index in [1.54, 1.807) is 0 Å². The molecule has 0 saturated carbocycles. The number of rotatable bonds is 8. The molecule has 0 bridgehead atoms. The van der Waals surface area contributed by atoms with Gasteiger partial charge in [0, 0.05) is 19.6 Å². The number of benzene rings is 1. The molecule has 2 saturated heterocycles. The molecule has 1 atom stereocenters. The molecule has 6 heteroatoms. The van der Waals surface area contributed by atoms with Gasteiger partial charge in [-0.2, -0.15) is 0 Å². The highest BCUT2D eigenvalue weighted by Gasteiger charge is 2.32. The average molecular weight is 348 g/mol. The Labute approximate surface area is 149 Å². The van der Waals surface area contributed by atoms with Crippen LogP contribution in [0.5, 0.6) is 0 Å². The minimum atomic E-state index is -0.334. The molecular formula is C19H28N2O4. The van der Waals surface area contributed by atoms with Crippen molar-refractivity contribution in [3.63, 3.8) is 0 Å². The van der Waals surface area contributed by atoms with Gasteiger partial charge >= 0.3 is 5.97 Å². The topological polar surface area (TPSA) is 62.2 Å². The van der Waals surface area contributed by atoms with Crippen LogP contribution in [0.3, 0.4) is 0 Å².